The molecule has 0 saturated heterocycles. The van der Waals surface area contributed by atoms with Gasteiger partial charge in [0.2, 0.25) is 0 Å². The number of carbonyl (C=O) groups is 1. The van der Waals surface area contributed by atoms with Crippen LogP contribution < -0.4 is 5.32 Å². The van der Waals surface area contributed by atoms with E-state index in [1.807, 2.05) is 0 Å². The van der Waals surface area contributed by atoms with E-state index in [0.29, 0.717) is 27.3 Å². The van der Waals surface area contributed by atoms with Crippen molar-refractivity contribution < 1.29 is 9.18 Å². The van der Waals surface area contributed by atoms with Crippen molar-refractivity contribution in [1.29, 1.82) is 0 Å². The second kappa shape index (κ2) is 5.48. The monoisotopic (exact) mass is 363 g/mol. The van der Waals surface area contributed by atoms with Crippen molar-refractivity contribution in [2.45, 2.75) is 17.7 Å². The van der Waals surface area contributed by atoms with Crippen molar-refractivity contribution in [3.8, 4) is 0 Å². The maximum Gasteiger partial charge on any atom is 0.251 e. The third-order valence-electron chi connectivity index (χ3n) is 2.77. The predicted molar refractivity (Wildman–Crippen MR) is 71.9 cm³/mol. The molecular formula is C12H12Br2FNO. The van der Waals surface area contributed by atoms with Crippen LogP contribution >= 0.6 is 31.9 Å². The van der Waals surface area contributed by atoms with Gasteiger partial charge < -0.3 is 5.32 Å². The van der Waals surface area contributed by atoms with Crippen LogP contribution in [0.4, 0.5) is 4.39 Å². The summed E-state index contributed by atoms with van der Waals surface area (Å²) in [5.74, 6) is 0.0219. The number of alkyl halides is 1. The van der Waals surface area contributed by atoms with Crippen molar-refractivity contribution in [2.75, 3.05) is 6.54 Å². The zero-order valence-corrected chi connectivity index (χ0v) is 12.2. The quantitative estimate of drug-likeness (QED) is 0.814. The van der Waals surface area contributed by atoms with Crippen molar-refractivity contribution in [2.24, 2.45) is 5.92 Å². The van der Waals surface area contributed by atoms with Crippen LogP contribution in [0, 0.1) is 11.7 Å². The van der Waals surface area contributed by atoms with E-state index in [-0.39, 0.29) is 5.91 Å². The highest BCUT2D eigenvalue weighted by Crippen LogP contribution is 2.36. The zero-order valence-electron chi connectivity index (χ0n) is 9.05. The summed E-state index contributed by atoms with van der Waals surface area (Å²) >= 11 is 6.59. The molecule has 1 saturated carbocycles. The molecule has 2 nitrogen and oxygen atoms in total. The molecule has 2 rings (SSSR count). The van der Waals surface area contributed by atoms with Gasteiger partial charge in [-0.3, -0.25) is 4.79 Å². The van der Waals surface area contributed by atoms with Crippen LogP contribution in [0.2, 0.25) is 0 Å². The normalized spacial score (nSPS) is 16.6. The molecule has 1 aromatic carbocycles. The van der Waals surface area contributed by atoms with Gasteiger partial charge in [0.05, 0.1) is 4.47 Å². The lowest BCUT2D eigenvalue weighted by Gasteiger charge is -2.10. The highest BCUT2D eigenvalue weighted by atomic mass is 79.9. The largest absolute Gasteiger partial charge is 0.351 e. The Kier molecular flexibility index (Phi) is 4.20. The molecule has 1 N–H and O–H groups in total. The molecule has 1 atom stereocenters. The van der Waals surface area contributed by atoms with Crippen LogP contribution in [-0.2, 0) is 0 Å². The van der Waals surface area contributed by atoms with Crippen molar-refractivity contribution in [3.05, 3.63) is 34.1 Å². The molecule has 0 aromatic heterocycles. The van der Waals surface area contributed by atoms with E-state index in [1.165, 1.54) is 25.0 Å². The minimum atomic E-state index is -0.421. The summed E-state index contributed by atoms with van der Waals surface area (Å²) < 4.78 is 13.6. The molecule has 1 unspecified atom stereocenters. The molecule has 1 aliphatic carbocycles. The van der Waals surface area contributed by atoms with Crippen LogP contribution in [0.15, 0.2) is 22.7 Å². The topological polar surface area (TPSA) is 29.1 Å². The average molecular weight is 365 g/mol. The highest BCUT2D eigenvalue weighted by Gasteiger charge is 2.29. The number of benzene rings is 1. The number of halogens is 3. The van der Waals surface area contributed by atoms with Crippen LogP contribution in [0.3, 0.4) is 0 Å². The molecule has 1 fully saturated rings. The lowest BCUT2D eigenvalue weighted by molar-refractivity contribution is 0.0953. The standard InChI is InChI=1S/C12H12Br2FNO/c13-9-4-3-8(5-11(9)15)12(17)16-6-10(14)7-1-2-7/h3-5,7,10H,1-2,6H2,(H,16,17). The van der Waals surface area contributed by atoms with E-state index in [2.05, 4.69) is 37.2 Å². The summed E-state index contributed by atoms with van der Waals surface area (Å²) in [5.41, 5.74) is 0.348. The number of amides is 1. The number of hydrogen-bond acceptors (Lipinski definition) is 1. The van der Waals surface area contributed by atoms with Gasteiger partial charge in [0.25, 0.3) is 5.91 Å². The zero-order chi connectivity index (χ0) is 12.4. The fourth-order valence-electron chi connectivity index (χ4n) is 1.55. The summed E-state index contributed by atoms with van der Waals surface area (Å²) in [6.45, 7) is 0.585. The summed E-state index contributed by atoms with van der Waals surface area (Å²) in [7, 11) is 0. The van der Waals surface area contributed by atoms with Gasteiger partial charge in [0.15, 0.2) is 0 Å². The van der Waals surface area contributed by atoms with Crippen molar-refractivity contribution in [3.63, 3.8) is 0 Å². The smallest absolute Gasteiger partial charge is 0.251 e. The summed E-state index contributed by atoms with van der Waals surface area (Å²) in [6, 6.07) is 4.37. The lowest BCUT2D eigenvalue weighted by Crippen LogP contribution is -2.30. The van der Waals surface area contributed by atoms with Gasteiger partial charge in [0.1, 0.15) is 5.82 Å². The number of carbonyl (C=O) groups excluding carboxylic acids is 1. The fourth-order valence-corrected chi connectivity index (χ4v) is 2.49. The Morgan fingerprint density at radius 1 is 1.53 bits per heavy atom. The van der Waals surface area contributed by atoms with E-state index in [4.69, 9.17) is 0 Å². The predicted octanol–water partition coefficient (Wildman–Crippen LogP) is 3.49. The van der Waals surface area contributed by atoms with Crippen LogP contribution in [0.25, 0.3) is 0 Å². The minimum Gasteiger partial charge on any atom is -0.351 e. The van der Waals surface area contributed by atoms with Crippen LogP contribution in [-0.4, -0.2) is 17.3 Å². The molecule has 1 aromatic rings. The first-order valence-corrected chi connectivity index (χ1v) is 7.16. The van der Waals surface area contributed by atoms with E-state index < -0.39 is 5.82 Å². The molecule has 5 heteroatoms. The summed E-state index contributed by atoms with van der Waals surface area (Å²) in [6.07, 6.45) is 2.44. The van der Waals surface area contributed by atoms with E-state index in [9.17, 15) is 9.18 Å². The Morgan fingerprint density at radius 3 is 2.82 bits per heavy atom. The van der Waals surface area contributed by atoms with Crippen molar-refractivity contribution in [1.82, 2.24) is 5.32 Å². The minimum absolute atomic E-state index is 0.235. The molecule has 17 heavy (non-hydrogen) atoms. The molecular weight excluding hydrogens is 353 g/mol. The molecule has 92 valence electrons. The van der Waals surface area contributed by atoms with Gasteiger partial charge in [-0.1, -0.05) is 15.9 Å². The van der Waals surface area contributed by atoms with Gasteiger partial charge in [-0.25, -0.2) is 4.39 Å². The molecule has 1 amide bonds. The third kappa shape index (κ3) is 3.52. The second-order valence-electron chi connectivity index (χ2n) is 4.19. The lowest BCUT2D eigenvalue weighted by atomic mass is 10.2. The van der Waals surface area contributed by atoms with E-state index in [1.54, 1.807) is 6.07 Å². The highest BCUT2D eigenvalue weighted by molar-refractivity contribution is 9.10. The van der Waals surface area contributed by atoms with Gasteiger partial charge in [-0.05, 0) is 52.9 Å². The van der Waals surface area contributed by atoms with Gasteiger partial charge in [-0.2, -0.15) is 0 Å². The van der Waals surface area contributed by atoms with Gasteiger partial charge >= 0.3 is 0 Å². The van der Waals surface area contributed by atoms with Gasteiger partial charge in [-0.15, -0.1) is 0 Å². The molecule has 0 spiro atoms. The van der Waals surface area contributed by atoms with E-state index >= 15 is 0 Å². The molecule has 0 bridgehead atoms. The Morgan fingerprint density at radius 2 is 2.24 bits per heavy atom. The molecule has 1 aliphatic rings. The SMILES string of the molecule is O=C(NCC(Br)C1CC1)c1ccc(Br)c(F)c1. The van der Waals surface area contributed by atoms with Crippen molar-refractivity contribution >= 4 is 37.8 Å². The number of hydrogen-bond donors (Lipinski definition) is 1. The maximum absolute atomic E-state index is 13.2. The summed E-state index contributed by atoms with van der Waals surface area (Å²) in [4.78, 5) is 12.1. The fraction of sp³-hybridized carbons (Fsp3) is 0.417. The van der Waals surface area contributed by atoms with E-state index in [0.717, 1.165) is 0 Å². The Labute approximate surface area is 116 Å². The molecule has 0 radical (unpaired) electrons. The Bertz CT molecular complexity index is 435. The third-order valence-corrected chi connectivity index (χ3v) is 4.49. The first-order chi connectivity index (χ1) is 8.08. The first-order valence-electron chi connectivity index (χ1n) is 5.45. The molecule has 0 aliphatic heterocycles. The van der Waals surface area contributed by atoms with Crippen LogP contribution in [0.1, 0.15) is 23.2 Å². The first kappa shape index (κ1) is 13.0. The Balaban J connectivity index is 1.92. The summed E-state index contributed by atoms with van der Waals surface area (Å²) in [5, 5.41) is 2.80. The maximum atomic E-state index is 13.2. The molecule has 0 heterocycles. The second-order valence-corrected chi connectivity index (χ2v) is 6.22. The van der Waals surface area contributed by atoms with Crippen LogP contribution in [0.5, 0.6) is 0 Å². The Hall–Kier alpha value is -0.420. The average Bonchev–Trinajstić information content (AvgIpc) is 3.13. The number of nitrogens with one attached hydrogen (secondary N) is 1. The van der Waals surface area contributed by atoms with Gasteiger partial charge in [0, 0.05) is 16.9 Å². The number of rotatable bonds is 4.